The van der Waals surface area contributed by atoms with Gasteiger partial charge in [-0.25, -0.2) is 4.98 Å². The van der Waals surface area contributed by atoms with E-state index in [-0.39, 0.29) is 0 Å². The quantitative estimate of drug-likeness (QED) is 0.452. The zero-order chi connectivity index (χ0) is 18.8. The SMILES string of the molecule is Cc1ccc(Cl)c(OCc2nnc(SCc3cn4ccccc4n3)n2C)c1. The van der Waals surface area contributed by atoms with Gasteiger partial charge in [0, 0.05) is 25.2 Å². The fourth-order valence-corrected chi connectivity index (χ4v) is 3.64. The molecule has 0 fully saturated rings. The minimum Gasteiger partial charge on any atom is -0.484 e. The van der Waals surface area contributed by atoms with Crippen molar-refractivity contribution in [3.8, 4) is 5.75 Å². The lowest BCUT2D eigenvalue weighted by atomic mass is 10.2. The average molecular weight is 400 g/mol. The molecule has 27 heavy (non-hydrogen) atoms. The number of fused-ring (bicyclic) bond motifs is 1. The van der Waals surface area contributed by atoms with E-state index < -0.39 is 0 Å². The van der Waals surface area contributed by atoms with E-state index in [1.807, 2.05) is 71.7 Å². The Balaban J connectivity index is 1.41. The standard InChI is InChI=1S/C19H18ClN5OS/c1-13-6-7-15(20)16(9-13)26-11-18-22-23-19(24(18)2)27-12-14-10-25-8-4-3-5-17(25)21-14/h3-10H,11-12H2,1-2H3. The van der Waals surface area contributed by atoms with Crippen molar-refractivity contribution in [3.05, 3.63) is 70.9 Å². The second kappa shape index (κ2) is 7.62. The van der Waals surface area contributed by atoms with Crippen molar-refractivity contribution in [1.29, 1.82) is 0 Å². The molecule has 6 nitrogen and oxygen atoms in total. The molecule has 4 rings (SSSR count). The minimum absolute atomic E-state index is 0.307. The number of halogens is 1. The predicted octanol–water partition coefficient (Wildman–Crippen LogP) is 4.30. The molecule has 0 radical (unpaired) electrons. The lowest BCUT2D eigenvalue weighted by Gasteiger charge is -2.08. The van der Waals surface area contributed by atoms with Crippen molar-refractivity contribution >= 4 is 29.0 Å². The molecule has 4 aromatic rings. The van der Waals surface area contributed by atoms with Crippen LogP contribution in [0.25, 0.3) is 5.65 Å². The van der Waals surface area contributed by atoms with Crippen LogP contribution in [0.4, 0.5) is 0 Å². The van der Waals surface area contributed by atoms with Gasteiger partial charge < -0.3 is 13.7 Å². The average Bonchev–Trinajstić information content (AvgIpc) is 3.24. The molecule has 0 spiro atoms. The Morgan fingerprint density at radius 3 is 2.93 bits per heavy atom. The monoisotopic (exact) mass is 399 g/mol. The topological polar surface area (TPSA) is 57.2 Å². The van der Waals surface area contributed by atoms with Crippen molar-refractivity contribution in [2.24, 2.45) is 7.05 Å². The first-order chi connectivity index (χ1) is 13.1. The molecule has 0 N–H and O–H groups in total. The highest BCUT2D eigenvalue weighted by Gasteiger charge is 2.12. The van der Waals surface area contributed by atoms with E-state index in [9.17, 15) is 0 Å². The first kappa shape index (κ1) is 17.9. The molecule has 138 valence electrons. The molecule has 0 amide bonds. The lowest BCUT2D eigenvalue weighted by Crippen LogP contribution is -2.04. The minimum atomic E-state index is 0.307. The van der Waals surface area contributed by atoms with Crippen LogP contribution in [0.2, 0.25) is 5.02 Å². The third kappa shape index (κ3) is 3.94. The van der Waals surface area contributed by atoms with Crippen molar-refractivity contribution in [1.82, 2.24) is 24.1 Å². The van der Waals surface area contributed by atoms with Gasteiger partial charge in [0.1, 0.15) is 18.0 Å². The number of aromatic nitrogens is 5. The van der Waals surface area contributed by atoms with Gasteiger partial charge in [-0.05, 0) is 36.8 Å². The number of nitrogens with zero attached hydrogens (tertiary/aromatic N) is 5. The molecule has 0 aliphatic rings. The van der Waals surface area contributed by atoms with E-state index in [4.69, 9.17) is 16.3 Å². The summed E-state index contributed by atoms with van der Waals surface area (Å²) in [7, 11) is 1.93. The summed E-state index contributed by atoms with van der Waals surface area (Å²) in [5.74, 6) is 2.11. The summed E-state index contributed by atoms with van der Waals surface area (Å²) in [6.07, 6.45) is 4.02. The molecule has 0 aliphatic carbocycles. The molecule has 8 heteroatoms. The van der Waals surface area contributed by atoms with E-state index >= 15 is 0 Å². The maximum absolute atomic E-state index is 6.18. The Morgan fingerprint density at radius 2 is 2.07 bits per heavy atom. The zero-order valence-corrected chi connectivity index (χ0v) is 16.5. The van der Waals surface area contributed by atoms with Gasteiger partial charge in [-0.1, -0.05) is 35.5 Å². The van der Waals surface area contributed by atoms with Crippen LogP contribution < -0.4 is 4.74 Å². The summed E-state index contributed by atoms with van der Waals surface area (Å²) in [6.45, 7) is 2.31. The van der Waals surface area contributed by atoms with Crippen molar-refractivity contribution in [2.45, 2.75) is 24.4 Å². The smallest absolute Gasteiger partial charge is 0.191 e. The summed E-state index contributed by atoms with van der Waals surface area (Å²) in [5.41, 5.74) is 3.03. The second-order valence-corrected chi connectivity index (χ2v) is 7.52. The van der Waals surface area contributed by atoms with E-state index in [0.29, 0.717) is 17.4 Å². The van der Waals surface area contributed by atoms with E-state index in [1.165, 1.54) is 0 Å². The van der Waals surface area contributed by atoms with Gasteiger partial charge >= 0.3 is 0 Å². The molecule has 0 unspecified atom stereocenters. The van der Waals surface area contributed by atoms with Crippen LogP contribution in [0, 0.1) is 6.92 Å². The molecule has 0 saturated heterocycles. The van der Waals surface area contributed by atoms with E-state index in [1.54, 1.807) is 11.8 Å². The highest BCUT2D eigenvalue weighted by atomic mass is 35.5. The predicted molar refractivity (Wildman–Crippen MR) is 106 cm³/mol. The van der Waals surface area contributed by atoms with Gasteiger partial charge in [-0.3, -0.25) is 0 Å². The summed E-state index contributed by atoms with van der Waals surface area (Å²) >= 11 is 7.77. The molecule has 0 atom stereocenters. The number of benzene rings is 1. The Morgan fingerprint density at radius 1 is 1.19 bits per heavy atom. The first-order valence-corrected chi connectivity index (χ1v) is 9.79. The zero-order valence-electron chi connectivity index (χ0n) is 15.0. The maximum atomic E-state index is 6.18. The summed E-state index contributed by atoms with van der Waals surface area (Å²) in [5, 5.41) is 9.91. The van der Waals surface area contributed by atoms with Gasteiger partial charge in [0.2, 0.25) is 0 Å². The Labute approximate surface area is 166 Å². The highest BCUT2D eigenvalue weighted by Crippen LogP contribution is 2.26. The largest absolute Gasteiger partial charge is 0.484 e. The Hall–Kier alpha value is -2.51. The summed E-state index contributed by atoms with van der Waals surface area (Å²) in [6, 6.07) is 11.7. The Kier molecular flexibility index (Phi) is 5.05. The highest BCUT2D eigenvalue weighted by molar-refractivity contribution is 7.98. The molecule has 3 aromatic heterocycles. The van der Waals surface area contributed by atoms with Crippen LogP contribution >= 0.6 is 23.4 Å². The van der Waals surface area contributed by atoms with Crippen LogP contribution in [-0.2, 0) is 19.4 Å². The maximum Gasteiger partial charge on any atom is 0.191 e. The molecule has 0 bridgehead atoms. The van der Waals surface area contributed by atoms with E-state index in [2.05, 4.69) is 15.2 Å². The fraction of sp³-hybridized carbons (Fsp3) is 0.211. The van der Waals surface area contributed by atoms with Crippen LogP contribution in [0.15, 0.2) is 53.9 Å². The van der Waals surface area contributed by atoms with Crippen LogP contribution in [0.3, 0.4) is 0 Å². The van der Waals surface area contributed by atoms with Crippen molar-refractivity contribution in [2.75, 3.05) is 0 Å². The lowest BCUT2D eigenvalue weighted by molar-refractivity contribution is 0.290. The van der Waals surface area contributed by atoms with Crippen LogP contribution in [-0.4, -0.2) is 24.1 Å². The molecule has 0 aliphatic heterocycles. The van der Waals surface area contributed by atoms with Crippen molar-refractivity contribution in [3.63, 3.8) is 0 Å². The molecule has 1 aromatic carbocycles. The summed E-state index contributed by atoms with van der Waals surface area (Å²) in [4.78, 5) is 4.60. The van der Waals surface area contributed by atoms with Crippen molar-refractivity contribution < 1.29 is 4.74 Å². The number of imidazole rings is 1. The van der Waals surface area contributed by atoms with Gasteiger partial charge in [0.15, 0.2) is 11.0 Å². The molecular formula is C19H18ClN5OS. The fourth-order valence-electron chi connectivity index (χ4n) is 2.66. The number of hydrogen-bond donors (Lipinski definition) is 0. The van der Waals surface area contributed by atoms with Crippen LogP contribution in [0.1, 0.15) is 17.1 Å². The number of hydrogen-bond acceptors (Lipinski definition) is 5. The number of thioether (sulfide) groups is 1. The Bertz CT molecular complexity index is 1060. The van der Waals surface area contributed by atoms with Crippen LogP contribution in [0.5, 0.6) is 5.75 Å². The number of pyridine rings is 1. The molecule has 0 saturated carbocycles. The van der Waals surface area contributed by atoms with Gasteiger partial charge in [-0.2, -0.15) is 0 Å². The number of rotatable bonds is 6. The number of aryl methyl sites for hydroxylation is 1. The normalized spacial score (nSPS) is 11.2. The second-order valence-electron chi connectivity index (χ2n) is 6.17. The summed E-state index contributed by atoms with van der Waals surface area (Å²) < 4.78 is 9.77. The molecule has 3 heterocycles. The third-order valence-corrected chi connectivity index (χ3v) is 5.50. The number of ether oxygens (including phenoxy) is 1. The molecular weight excluding hydrogens is 382 g/mol. The van der Waals surface area contributed by atoms with E-state index in [0.717, 1.165) is 33.6 Å². The van der Waals surface area contributed by atoms with Gasteiger partial charge in [-0.15, -0.1) is 10.2 Å². The van der Waals surface area contributed by atoms with Gasteiger partial charge in [0.05, 0.1) is 10.7 Å². The first-order valence-electron chi connectivity index (χ1n) is 8.43. The third-order valence-electron chi connectivity index (χ3n) is 4.13. The van der Waals surface area contributed by atoms with Gasteiger partial charge in [0.25, 0.3) is 0 Å².